The quantitative estimate of drug-likeness (QED) is 0.811. The number of hydrogen-bond acceptors (Lipinski definition) is 2. The van der Waals surface area contributed by atoms with Gasteiger partial charge in [-0.1, -0.05) is 20.3 Å². The van der Waals surface area contributed by atoms with Crippen molar-refractivity contribution < 1.29 is 14.3 Å². The Hall–Kier alpha value is -1.42. The highest BCUT2D eigenvalue weighted by molar-refractivity contribution is 5.87. The van der Waals surface area contributed by atoms with Gasteiger partial charge in [-0.25, -0.2) is 9.18 Å². The van der Waals surface area contributed by atoms with E-state index in [1.165, 1.54) is 18.2 Å². The summed E-state index contributed by atoms with van der Waals surface area (Å²) in [4.78, 5) is 13.0. The van der Waals surface area contributed by atoms with Gasteiger partial charge in [0.15, 0.2) is 0 Å². The van der Waals surface area contributed by atoms with E-state index in [1.807, 2.05) is 6.92 Å². The van der Waals surface area contributed by atoms with E-state index < -0.39 is 5.97 Å². The van der Waals surface area contributed by atoms with Gasteiger partial charge in [-0.3, -0.25) is 4.90 Å². The van der Waals surface area contributed by atoms with Crippen LogP contribution in [0.15, 0.2) is 18.2 Å². The number of halogens is 1. The second-order valence-electron chi connectivity index (χ2n) is 4.33. The molecule has 0 heterocycles. The maximum absolute atomic E-state index is 13.6. The average Bonchev–Trinajstić information content (AvgIpc) is 2.36. The lowest BCUT2D eigenvalue weighted by Crippen LogP contribution is -2.24. The van der Waals surface area contributed by atoms with Crippen LogP contribution in [0.2, 0.25) is 0 Å². The molecule has 0 saturated heterocycles. The number of carboxylic acids is 1. The molecular weight excluding hydrogens is 233 g/mol. The lowest BCUT2D eigenvalue weighted by atomic mass is 10.1. The van der Waals surface area contributed by atoms with E-state index in [0.717, 1.165) is 25.9 Å². The van der Waals surface area contributed by atoms with Gasteiger partial charge in [-0.15, -0.1) is 0 Å². The van der Waals surface area contributed by atoms with Gasteiger partial charge in [-0.2, -0.15) is 0 Å². The van der Waals surface area contributed by atoms with Crippen LogP contribution in [-0.4, -0.2) is 29.1 Å². The third-order valence-electron chi connectivity index (χ3n) is 2.96. The number of benzene rings is 1. The molecule has 0 bridgehead atoms. The molecule has 0 unspecified atom stereocenters. The number of rotatable bonds is 7. The molecule has 4 heteroatoms. The standard InChI is InChI=1S/C14H20FNO2/c1-3-5-8-16(4-2)10-12-9-11(14(17)18)6-7-13(12)15/h6-7,9H,3-5,8,10H2,1-2H3,(H,17,18). The van der Waals surface area contributed by atoms with Crippen molar-refractivity contribution in [3.05, 3.63) is 35.1 Å². The van der Waals surface area contributed by atoms with Crippen LogP contribution < -0.4 is 0 Å². The van der Waals surface area contributed by atoms with Crippen LogP contribution in [0.4, 0.5) is 4.39 Å². The lowest BCUT2D eigenvalue weighted by Gasteiger charge is -2.20. The van der Waals surface area contributed by atoms with Gasteiger partial charge in [0.05, 0.1) is 5.56 Å². The number of unbranched alkanes of at least 4 members (excludes halogenated alkanes) is 1. The molecular formula is C14H20FNO2. The second kappa shape index (κ2) is 7.11. The zero-order valence-corrected chi connectivity index (χ0v) is 10.9. The molecule has 18 heavy (non-hydrogen) atoms. The summed E-state index contributed by atoms with van der Waals surface area (Å²) < 4.78 is 13.6. The van der Waals surface area contributed by atoms with Crippen molar-refractivity contribution in [2.24, 2.45) is 0 Å². The minimum atomic E-state index is -1.02. The van der Waals surface area contributed by atoms with E-state index in [2.05, 4.69) is 11.8 Å². The SMILES string of the molecule is CCCCN(CC)Cc1cc(C(=O)O)ccc1F. The molecule has 0 fully saturated rings. The Morgan fingerprint density at radius 3 is 2.67 bits per heavy atom. The Morgan fingerprint density at radius 2 is 2.11 bits per heavy atom. The van der Waals surface area contributed by atoms with Crippen LogP contribution in [0.5, 0.6) is 0 Å². The van der Waals surface area contributed by atoms with E-state index in [1.54, 1.807) is 0 Å². The van der Waals surface area contributed by atoms with Gasteiger partial charge in [0, 0.05) is 12.1 Å². The molecule has 1 rings (SSSR count). The Balaban J connectivity index is 2.80. The Morgan fingerprint density at radius 1 is 1.39 bits per heavy atom. The monoisotopic (exact) mass is 253 g/mol. The first-order valence-electron chi connectivity index (χ1n) is 6.32. The van der Waals surface area contributed by atoms with E-state index in [4.69, 9.17) is 5.11 Å². The van der Waals surface area contributed by atoms with Crippen LogP contribution in [0, 0.1) is 5.82 Å². The fraction of sp³-hybridized carbons (Fsp3) is 0.500. The number of nitrogens with zero attached hydrogens (tertiary/aromatic N) is 1. The molecule has 0 radical (unpaired) electrons. The fourth-order valence-electron chi connectivity index (χ4n) is 1.80. The summed E-state index contributed by atoms with van der Waals surface area (Å²) in [7, 11) is 0. The molecule has 0 atom stereocenters. The van der Waals surface area contributed by atoms with Crippen LogP contribution in [0.1, 0.15) is 42.6 Å². The maximum atomic E-state index is 13.6. The van der Waals surface area contributed by atoms with E-state index in [0.29, 0.717) is 12.1 Å². The Bertz CT molecular complexity index is 407. The lowest BCUT2D eigenvalue weighted by molar-refractivity contribution is 0.0696. The van der Waals surface area contributed by atoms with Gasteiger partial charge in [0.2, 0.25) is 0 Å². The third-order valence-corrected chi connectivity index (χ3v) is 2.96. The predicted molar refractivity (Wildman–Crippen MR) is 69.2 cm³/mol. The highest BCUT2D eigenvalue weighted by atomic mass is 19.1. The van der Waals surface area contributed by atoms with Crippen molar-refractivity contribution >= 4 is 5.97 Å². The minimum Gasteiger partial charge on any atom is -0.478 e. The number of carboxylic acid groups (broad SMARTS) is 1. The predicted octanol–water partition coefficient (Wildman–Crippen LogP) is 3.15. The summed E-state index contributed by atoms with van der Waals surface area (Å²) in [6.45, 7) is 6.33. The zero-order valence-electron chi connectivity index (χ0n) is 10.9. The first-order valence-corrected chi connectivity index (χ1v) is 6.32. The van der Waals surface area contributed by atoms with Gasteiger partial charge in [0.25, 0.3) is 0 Å². The van der Waals surface area contributed by atoms with Crippen molar-refractivity contribution in [3.63, 3.8) is 0 Å². The molecule has 0 saturated carbocycles. The largest absolute Gasteiger partial charge is 0.478 e. The molecule has 0 aromatic heterocycles. The smallest absolute Gasteiger partial charge is 0.335 e. The molecule has 0 amide bonds. The minimum absolute atomic E-state index is 0.137. The van der Waals surface area contributed by atoms with Crippen molar-refractivity contribution in [1.82, 2.24) is 4.90 Å². The van der Waals surface area contributed by atoms with Crippen molar-refractivity contribution in [2.75, 3.05) is 13.1 Å². The summed E-state index contributed by atoms with van der Waals surface area (Å²) in [5, 5.41) is 8.90. The van der Waals surface area contributed by atoms with E-state index >= 15 is 0 Å². The number of aromatic carboxylic acids is 1. The number of carbonyl (C=O) groups is 1. The first kappa shape index (κ1) is 14.6. The molecule has 1 aromatic rings. The average molecular weight is 253 g/mol. The highest BCUT2D eigenvalue weighted by Gasteiger charge is 2.11. The molecule has 0 aliphatic heterocycles. The van der Waals surface area contributed by atoms with Crippen LogP contribution in [0.25, 0.3) is 0 Å². The number of hydrogen-bond donors (Lipinski definition) is 1. The molecule has 0 spiro atoms. The molecule has 0 aliphatic carbocycles. The summed E-state index contributed by atoms with van der Waals surface area (Å²) in [5.74, 6) is -1.36. The summed E-state index contributed by atoms with van der Waals surface area (Å²) >= 11 is 0. The normalized spacial score (nSPS) is 10.9. The molecule has 3 nitrogen and oxygen atoms in total. The molecule has 1 N–H and O–H groups in total. The van der Waals surface area contributed by atoms with Crippen LogP contribution >= 0.6 is 0 Å². The van der Waals surface area contributed by atoms with Crippen LogP contribution in [-0.2, 0) is 6.54 Å². The van der Waals surface area contributed by atoms with Crippen LogP contribution in [0.3, 0.4) is 0 Å². The van der Waals surface area contributed by atoms with Gasteiger partial charge in [-0.05, 0) is 37.7 Å². The Labute approximate surface area is 107 Å². The van der Waals surface area contributed by atoms with Gasteiger partial charge in [0.1, 0.15) is 5.82 Å². The Kier molecular flexibility index (Phi) is 5.78. The van der Waals surface area contributed by atoms with Crippen molar-refractivity contribution in [2.45, 2.75) is 33.2 Å². The van der Waals surface area contributed by atoms with Crippen molar-refractivity contribution in [1.29, 1.82) is 0 Å². The summed E-state index contributed by atoms with van der Waals surface area (Å²) in [5.41, 5.74) is 0.589. The van der Waals surface area contributed by atoms with Gasteiger partial charge >= 0.3 is 5.97 Å². The zero-order chi connectivity index (χ0) is 13.5. The molecule has 0 aliphatic rings. The van der Waals surface area contributed by atoms with E-state index in [9.17, 15) is 9.18 Å². The molecule has 1 aromatic carbocycles. The highest BCUT2D eigenvalue weighted by Crippen LogP contribution is 2.14. The van der Waals surface area contributed by atoms with E-state index in [-0.39, 0.29) is 11.4 Å². The summed E-state index contributed by atoms with van der Waals surface area (Å²) in [6, 6.07) is 3.95. The second-order valence-corrected chi connectivity index (χ2v) is 4.33. The first-order chi connectivity index (χ1) is 8.58. The molecule has 100 valence electrons. The maximum Gasteiger partial charge on any atom is 0.335 e. The van der Waals surface area contributed by atoms with Crippen molar-refractivity contribution in [3.8, 4) is 0 Å². The summed E-state index contributed by atoms with van der Waals surface area (Å²) in [6.07, 6.45) is 2.15. The topological polar surface area (TPSA) is 40.5 Å². The fourth-order valence-corrected chi connectivity index (χ4v) is 1.80. The van der Waals surface area contributed by atoms with Gasteiger partial charge < -0.3 is 5.11 Å². The third kappa shape index (κ3) is 4.11.